The second-order valence-electron chi connectivity index (χ2n) is 8.83. The summed E-state index contributed by atoms with van der Waals surface area (Å²) >= 11 is 0. The number of non-ortho nitro benzene ring substituents is 1. The average molecular weight is 428 g/mol. The molecule has 1 N–H and O–H groups in total. The number of piperazine rings is 1. The quantitative estimate of drug-likeness (QED) is 0.306. The molecule has 0 aromatic heterocycles. The average Bonchev–Trinajstić information content (AvgIpc) is 3.16. The standard InChI is InChI=1S/C27H29N3O2/c31-30(32)21-14-12-20(13-15-21)27-19-28-16-18-29(27)17-6-5-11-26-24-9-3-1-7-22(24)23-8-2-4-10-25(23)26/h1-4,7-10,12-15,26-28H,5-6,11,16-19H2. The highest BCUT2D eigenvalue weighted by atomic mass is 16.6. The van der Waals surface area contributed by atoms with Crippen molar-refractivity contribution >= 4 is 5.69 Å². The molecule has 164 valence electrons. The minimum atomic E-state index is -0.333. The normalized spacial score (nSPS) is 18.3. The fourth-order valence-electron chi connectivity index (χ4n) is 5.40. The summed E-state index contributed by atoms with van der Waals surface area (Å²) < 4.78 is 0. The lowest BCUT2D eigenvalue weighted by Crippen LogP contribution is -2.46. The first-order chi connectivity index (χ1) is 15.7. The summed E-state index contributed by atoms with van der Waals surface area (Å²) in [6.07, 6.45) is 3.51. The number of hydrogen-bond donors (Lipinski definition) is 1. The molecule has 5 nitrogen and oxygen atoms in total. The van der Waals surface area contributed by atoms with Crippen LogP contribution < -0.4 is 5.32 Å². The summed E-state index contributed by atoms with van der Waals surface area (Å²) in [4.78, 5) is 13.2. The Bertz CT molecular complexity index is 1050. The van der Waals surface area contributed by atoms with Gasteiger partial charge in [-0.05, 0) is 47.2 Å². The predicted octanol–water partition coefficient (Wildman–Crippen LogP) is 5.52. The van der Waals surface area contributed by atoms with Crippen molar-refractivity contribution in [1.82, 2.24) is 10.2 Å². The molecule has 0 bridgehead atoms. The van der Waals surface area contributed by atoms with Gasteiger partial charge in [-0.3, -0.25) is 15.0 Å². The second-order valence-corrected chi connectivity index (χ2v) is 8.83. The predicted molar refractivity (Wildman–Crippen MR) is 128 cm³/mol. The van der Waals surface area contributed by atoms with Crippen molar-refractivity contribution in [2.75, 3.05) is 26.2 Å². The van der Waals surface area contributed by atoms with Crippen LogP contribution in [0.3, 0.4) is 0 Å². The zero-order chi connectivity index (χ0) is 21.9. The fraction of sp³-hybridized carbons (Fsp3) is 0.333. The Labute approximate surface area is 189 Å². The molecule has 1 fully saturated rings. The monoisotopic (exact) mass is 427 g/mol. The Hall–Kier alpha value is -3.02. The number of unbranched alkanes of at least 4 members (excludes halogenated alkanes) is 1. The van der Waals surface area contributed by atoms with Gasteiger partial charge in [0.15, 0.2) is 0 Å². The molecule has 1 atom stereocenters. The molecular formula is C27H29N3O2. The minimum absolute atomic E-state index is 0.154. The van der Waals surface area contributed by atoms with Crippen LogP contribution in [0.15, 0.2) is 72.8 Å². The first-order valence-electron chi connectivity index (χ1n) is 11.6. The molecular weight excluding hydrogens is 398 g/mol. The van der Waals surface area contributed by atoms with Gasteiger partial charge in [-0.2, -0.15) is 0 Å². The van der Waals surface area contributed by atoms with E-state index in [1.54, 1.807) is 12.1 Å². The summed E-state index contributed by atoms with van der Waals surface area (Å²) in [6, 6.07) is 25.0. The molecule has 0 spiro atoms. The minimum Gasteiger partial charge on any atom is -0.314 e. The van der Waals surface area contributed by atoms with Gasteiger partial charge in [0.05, 0.1) is 4.92 Å². The summed E-state index contributed by atoms with van der Waals surface area (Å²) in [7, 11) is 0. The molecule has 1 unspecified atom stereocenters. The number of fused-ring (bicyclic) bond motifs is 3. The lowest BCUT2D eigenvalue weighted by Gasteiger charge is -2.36. The maximum Gasteiger partial charge on any atom is 0.269 e. The van der Waals surface area contributed by atoms with Crippen LogP contribution in [0.2, 0.25) is 0 Å². The van der Waals surface area contributed by atoms with Crippen LogP contribution in [0, 0.1) is 10.1 Å². The summed E-state index contributed by atoms with van der Waals surface area (Å²) in [5, 5.41) is 14.5. The SMILES string of the molecule is O=[N+]([O-])c1ccc(C2CNCCN2CCCCC2c3ccccc3-c3ccccc32)cc1. The number of rotatable bonds is 7. The van der Waals surface area contributed by atoms with Gasteiger partial charge >= 0.3 is 0 Å². The van der Waals surface area contributed by atoms with Gasteiger partial charge in [0.1, 0.15) is 0 Å². The van der Waals surface area contributed by atoms with E-state index in [1.807, 2.05) is 12.1 Å². The Kier molecular flexibility index (Phi) is 6.02. The van der Waals surface area contributed by atoms with E-state index in [-0.39, 0.29) is 16.7 Å². The van der Waals surface area contributed by atoms with E-state index in [0.29, 0.717) is 5.92 Å². The lowest BCUT2D eigenvalue weighted by atomic mass is 9.91. The van der Waals surface area contributed by atoms with Crippen molar-refractivity contribution in [3.05, 3.63) is 99.6 Å². The van der Waals surface area contributed by atoms with Gasteiger partial charge in [0.25, 0.3) is 5.69 Å². The van der Waals surface area contributed by atoms with Crippen molar-refractivity contribution < 1.29 is 4.92 Å². The molecule has 5 rings (SSSR count). The van der Waals surface area contributed by atoms with E-state index in [9.17, 15) is 10.1 Å². The third kappa shape index (κ3) is 4.06. The number of nitrogens with one attached hydrogen (secondary N) is 1. The third-order valence-electron chi connectivity index (χ3n) is 6.99. The van der Waals surface area contributed by atoms with Crippen molar-refractivity contribution in [2.24, 2.45) is 0 Å². The highest BCUT2D eigenvalue weighted by Crippen LogP contribution is 2.46. The van der Waals surface area contributed by atoms with Crippen LogP contribution >= 0.6 is 0 Å². The van der Waals surface area contributed by atoms with E-state index in [0.717, 1.165) is 38.2 Å². The van der Waals surface area contributed by atoms with Gasteiger partial charge in [-0.15, -0.1) is 0 Å². The van der Waals surface area contributed by atoms with Crippen molar-refractivity contribution in [1.29, 1.82) is 0 Å². The second kappa shape index (κ2) is 9.23. The zero-order valence-corrected chi connectivity index (χ0v) is 18.2. The van der Waals surface area contributed by atoms with Gasteiger partial charge < -0.3 is 5.32 Å². The molecule has 0 amide bonds. The largest absolute Gasteiger partial charge is 0.314 e. The van der Waals surface area contributed by atoms with Gasteiger partial charge in [-0.25, -0.2) is 0 Å². The molecule has 0 saturated carbocycles. The molecule has 2 aliphatic rings. The van der Waals surface area contributed by atoms with Crippen LogP contribution in [0.25, 0.3) is 11.1 Å². The summed E-state index contributed by atoms with van der Waals surface area (Å²) in [5.41, 5.74) is 7.05. The van der Waals surface area contributed by atoms with Gasteiger partial charge in [0.2, 0.25) is 0 Å². The number of hydrogen-bond acceptors (Lipinski definition) is 4. The van der Waals surface area contributed by atoms with E-state index in [1.165, 1.54) is 35.1 Å². The Morgan fingerprint density at radius 1 is 0.906 bits per heavy atom. The van der Waals surface area contributed by atoms with E-state index < -0.39 is 0 Å². The van der Waals surface area contributed by atoms with E-state index in [2.05, 4.69) is 58.7 Å². The van der Waals surface area contributed by atoms with Gasteiger partial charge in [0, 0.05) is 43.7 Å². The van der Waals surface area contributed by atoms with E-state index >= 15 is 0 Å². The molecule has 3 aromatic carbocycles. The van der Waals surface area contributed by atoms with Crippen LogP contribution in [0.5, 0.6) is 0 Å². The number of nitro groups is 1. The fourth-order valence-corrected chi connectivity index (χ4v) is 5.40. The highest BCUT2D eigenvalue weighted by molar-refractivity contribution is 5.78. The Morgan fingerprint density at radius 3 is 2.22 bits per heavy atom. The molecule has 1 aliphatic carbocycles. The van der Waals surface area contributed by atoms with Gasteiger partial charge in [-0.1, -0.05) is 67.1 Å². The summed E-state index contributed by atoms with van der Waals surface area (Å²) in [6.45, 7) is 3.95. The van der Waals surface area contributed by atoms with Crippen molar-refractivity contribution in [2.45, 2.75) is 31.2 Å². The number of nitro benzene ring substituents is 1. The third-order valence-corrected chi connectivity index (χ3v) is 6.99. The Morgan fingerprint density at radius 2 is 1.56 bits per heavy atom. The number of nitrogens with zero attached hydrogens (tertiary/aromatic N) is 2. The summed E-state index contributed by atoms with van der Waals surface area (Å²) in [5.74, 6) is 0.496. The smallest absolute Gasteiger partial charge is 0.269 e. The first-order valence-corrected chi connectivity index (χ1v) is 11.6. The molecule has 0 radical (unpaired) electrons. The molecule has 1 heterocycles. The molecule has 5 heteroatoms. The van der Waals surface area contributed by atoms with Crippen molar-refractivity contribution in [3.63, 3.8) is 0 Å². The lowest BCUT2D eigenvalue weighted by molar-refractivity contribution is -0.384. The van der Waals surface area contributed by atoms with Crippen LogP contribution in [0.4, 0.5) is 5.69 Å². The van der Waals surface area contributed by atoms with E-state index in [4.69, 9.17) is 0 Å². The van der Waals surface area contributed by atoms with Crippen LogP contribution in [-0.4, -0.2) is 36.0 Å². The molecule has 32 heavy (non-hydrogen) atoms. The van der Waals surface area contributed by atoms with Crippen LogP contribution in [-0.2, 0) is 0 Å². The maximum absolute atomic E-state index is 11.0. The molecule has 1 aliphatic heterocycles. The molecule has 3 aromatic rings. The highest BCUT2D eigenvalue weighted by Gasteiger charge is 2.28. The Balaban J connectivity index is 1.22. The topological polar surface area (TPSA) is 58.4 Å². The van der Waals surface area contributed by atoms with Crippen molar-refractivity contribution in [3.8, 4) is 11.1 Å². The molecule has 1 saturated heterocycles. The first kappa shape index (κ1) is 20.9. The number of benzene rings is 3. The maximum atomic E-state index is 11.0. The zero-order valence-electron chi connectivity index (χ0n) is 18.2. The van der Waals surface area contributed by atoms with Crippen LogP contribution in [0.1, 0.15) is 47.9 Å².